The number of benzene rings is 2. The Morgan fingerprint density at radius 3 is 2.14 bits per heavy atom. The maximum absolute atomic E-state index is 13.1. The molecule has 5 rings (SSSR count). The summed E-state index contributed by atoms with van der Waals surface area (Å²) in [7, 11) is 0. The van der Waals surface area contributed by atoms with E-state index in [4.69, 9.17) is 4.74 Å². The average Bonchev–Trinajstić information content (AvgIpc) is 3.46. The number of rotatable bonds is 6. The van der Waals surface area contributed by atoms with Gasteiger partial charge in [0.1, 0.15) is 12.1 Å². The van der Waals surface area contributed by atoms with Crippen LogP contribution in [0.4, 0.5) is 4.79 Å². The van der Waals surface area contributed by atoms with Gasteiger partial charge in [0.15, 0.2) is 0 Å². The normalized spacial score (nSPS) is 22.6. The monoisotopic (exact) mass is 476 g/mol. The Labute approximate surface area is 205 Å². The molecule has 0 heterocycles. The van der Waals surface area contributed by atoms with Crippen molar-refractivity contribution < 1.29 is 24.2 Å². The topological polar surface area (TPSA) is 105 Å². The Hall–Kier alpha value is -3.35. The molecule has 3 aliphatic rings. The van der Waals surface area contributed by atoms with Crippen molar-refractivity contribution in [1.82, 2.24) is 10.6 Å². The first-order valence-electron chi connectivity index (χ1n) is 12.7. The van der Waals surface area contributed by atoms with Gasteiger partial charge in [0.05, 0.1) is 5.92 Å². The number of amides is 2. The molecule has 2 atom stereocenters. The number of ether oxygens (including phenoxy) is 1. The van der Waals surface area contributed by atoms with Crippen LogP contribution in [0.1, 0.15) is 68.4 Å². The van der Waals surface area contributed by atoms with Gasteiger partial charge >= 0.3 is 12.1 Å². The van der Waals surface area contributed by atoms with Crippen molar-refractivity contribution in [3.8, 4) is 11.1 Å². The quantitative estimate of drug-likeness (QED) is 0.565. The number of carbonyl (C=O) groups is 3. The van der Waals surface area contributed by atoms with Crippen molar-refractivity contribution in [3.63, 3.8) is 0 Å². The van der Waals surface area contributed by atoms with E-state index in [1.165, 1.54) is 11.1 Å². The molecular formula is C28H32N2O5. The molecule has 7 heteroatoms. The second-order valence-electron chi connectivity index (χ2n) is 10.1. The Kier molecular flexibility index (Phi) is 6.50. The van der Waals surface area contributed by atoms with Crippen molar-refractivity contribution >= 4 is 18.0 Å². The smallest absolute Gasteiger partial charge is 0.407 e. The predicted octanol–water partition coefficient (Wildman–Crippen LogP) is 4.60. The summed E-state index contributed by atoms with van der Waals surface area (Å²) < 4.78 is 5.66. The van der Waals surface area contributed by atoms with Gasteiger partial charge in [-0.05, 0) is 47.9 Å². The van der Waals surface area contributed by atoms with Crippen molar-refractivity contribution in [2.75, 3.05) is 6.61 Å². The van der Waals surface area contributed by atoms with Crippen LogP contribution in [0.3, 0.4) is 0 Å². The second kappa shape index (κ2) is 9.72. The molecule has 0 aromatic heterocycles. The maximum Gasteiger partial charge on any atom is 0.407 e. The van der Waals surface area contributed by atoms with Gasteiger partial charge in [-0.25, -0.2) is 9.59 Å². The molecule has 0 bridgehead atoms. The Morgan fingerprint density at radius 2 is 1.51 bits per heavy atom. The lowest BCUT2D eigenvalue weighted by atomic mass is 9.81. The van der Waals surface area contributed by atoms with Crippen LogP contribution in [-0.4, -0.2) is 41.3 Å². The van der Waals surface area contributed by atoms with Gasteiger partial charge in [0.25, 0.3) is 0 Å². The van der Waals surface area contributed by atoms with Crippen LogP contribution in [0.5, 0.6) is 0 Å². The Bertz CT molecular complexity index is 1080. The van der Waals surface area contributed by atoms with E-state index in [-0.39, 0.29) is 24.5 Å². The first-order valence-corrected chi connectivity index (χ1v) is 12.7. The number of fused-ring (bicyclic) bond motifs is 3. The molecule has 35 heavy (non-hydrogen) atoms. The van der Waals surface area contributed by atoms with Gasteiger partial charge < -0.3 is 20.5 Å². The zero-order valence-electron chi connectivity index (χ0n) is 19.8. The summed E-state index contributed by atoms with van der Waals surface area (Å²) in [6.45, 7) is 0.214. The van der Waals surface area contributed by atoms with Gasteiger partial charge in [-0.1, -0.05) is 74.2 Å². The fraction of sp³-hybridized carbons (Fsp3) is 0.464. The van der Waals surface area contributed by atoms with Crippen LogP contribution >= 0.6 is 0 Å². The first-order chi connectivity index (χ1) is 17.0. The zero-order chi connectivity index (χ0) is 24.4. The summed E-state index contributed by atoms with van der Waals surface area (Å²) in [5.41, 5.74) is 3.43. The SMILES string of the molecule is O=C(N[C@H]1CCC[C@H]1C(=O)NC1(C(=O)O)CCCCC1)OCC1c2ccccc2-c2ccccc21. The minimum absolute atomic E-state index is 0.0300. The van der Waals surface area contributed by atoms with Crippen molar-refractivity contribution in [1.29, 1.82) is 0 Å². The van der Waals surface area contributed by atoms with Gasteiger partial charge in [0, 0.05) is 12.0 Å². The molecule has 2 fully saturated rings. The number of hydrogen-bond acceptors (Lipinski definition) is 4. The summed E-state index contributed by atoms with van der Waals surface area (Å²) in [5, 5.41) is 15.5. The molecule has 3 aliphatic carbocycles. The number of carboxylic acid groups (broad SMARTS) is 1. The standard InChI is InChI=1S/C28H32N2O5/c31-25(30-28(26(32)33)15-6-1-7-16-28)22-13-8-14-24(22)29-27(34)35-17-23-20-11-4-2-9-18(20)19-10-3-5-12-21(19)23/h2-5,9-12,22-24H,1,6-8,13-17H2,(H,29,34)(H,30,31)(H,32,33)/t22-,24+/m1/s1. The Balaban J connectivity index is 1.21. The highest BCUT2D eigenvalue weighted by atomic mass is 16.5. The fourth-order valence-corrected chi connectivity index (χ4v) is 6.11. The molecule has 2 amide bonds. The average molecular weight is 477 g/mol. The summed E-state index contributed by atoms with van der Waals surface area (Å²) in [6.07, 6.45) is 5.01. The summed E-state index contributed by atoms with van der Waals surface area (Å²) in [6, 6.07) is 16.0. The zero-order valence-corrected chi connectivity index (χ0v) is 19.8. The number of nitrogens with one attached hydrogen (secondary N) is 2. The van der Waals surface area contributed by atoms with Crippen LogP contribution in [0, 0.1) is 5.92 Å². The van der Waals surface area contributed by atoms with E-state index in [0.29, 0.717) is 25.7 Å². The van der Waals surface area contributed by atoms with Crippen molar-refractivity contribution in [2.45, 2.75) is 68.9 Å². The van der Waals surface area contributed by atoms with E-state index in [9.17, 15) is 19.5 Å². The minimum Gasteiger partial charge on any atom is -0.480 e. The van der Waals surface area contributed by atoms with E-state index in [1.54, 1.807) is 0 Å². The number of carbonyl (C=O) groups excluding carboxylic acids is 2. The fourth-order valence-electron chi connectivity index (χ4n) is 6.11. The highest BCUT2D eigenvalue weighted by Crippen LogP contribution is 2.44. The van der Waals surface area contributed by atoms with Gasteiger partial charge in [0.2, 0.25) is 5.91 Å². The molecule has 0 aliphatic heterocycles. The maximum atomic E-state index is 13.1. The summed E-state index contributed by atoms with van der Waals surface area (Å²) in [4.78, 5) is 37.8. The molecule has 0 spiro atoms. The molecule has 2 aromatic carbocycles. The van der Waals surface area contributed by atoms with Crippen LogP contribution < -0.4 is 10.6 Å². The van der Waals surface area contributed by atoms with Gasteiger partial charge in [-0.15, -0.1) is 0 Å². The van der Waals surface area contributed by atoms with E-state index in [1.807, 2.05) is 24.3 Å². The second-order valence-corrected chi connectivity index (χ2v) is 10.1. The molecule has 2 aromatic rings. The predicted molar refractivity (Wildman–Crippen MR) is 131 cm³/mol. The third-order valence-corrected chi connectivity index (χ3v) is 7.98. The van der Waals surface area contributed by atoms with Gasteiger partial charge in [-0.3, -0.25) is 4.79 Å². The molecule has 0 unspecified atom stereocenters. The third-order valence-electron chi connectivity index (χ3n) is 7.98. The Morgan fingerprint density at radius 1 is 0.886 bits per heavy atom. The van der Waals surface area contributed by atoms with E-state index in [2.05, 4.69) is 34.9 Å². The van der Waals surface area contributed by atoms with Crippen LogP contribution in [0.15, 0.2) is 48.5 Å². The van der Waals surface area contributed by atoms with Crippen molar-refractivity contribution in [3.05, 3.63) is 59.7 Å². The molecule has 184 valence electrons. The lowest BCUT2D eigenvalue weighted by Crippen LogP contribution is -2.58. The minimum atomic E-state index is -1.19. The van der Waals surface area contributed by atoms with Crippen molar-refractivity contribution in [2.24, 2.45) is 5.92 Å². The molecule has 3 N–H and O–H groups in total. The lowest BCUT2D eigenvalue weighted by Gasteiger charge is -2.35. The largest absolute Gasteiger partial charge is 0.480 e. The van der Waals surface area contributed by atoms with Crippen LogP contribution in [-0.2, 0) is 14.3 Å². The number of carboxylic acids is 1. The van der Waals surface area contributed by atoms with Crippen LogP contribution in [0.25, 0.3) is 11.1 Å². The van der Waals surface area contributed by atoms with E-state index in [0.717, 1.165) is 36.8 Å². The van der Waals surface area contributed by atoms with Gasteiger partial charge in [-0.2, -0.15) is 0 Å². The summed E-state index contributed by atoms with van der Waals surface area (Å²) >= 11 is 0. The molecule has 7 nitrogen and oxygen atoms in total. The van der Waals surface area contributed by atoms with E-state index < -0.39 is 23.5 Å². The van der Waals surface area contributed by atoms with Crippen LogP contribution in [0.2, 0.25) is 0 Å². The molecular weight excluding hydrogens is 444 g/mol. The molecule has 0 saturated heterocycles. The number of hydrogen-bond donors (Lipinski definition) is 3. The summed E-state index contributed by atoms with van der Waals surface area (Å²) in [5.74, 6) is -1.73. The number of alkyl carbamates (subject to hydrolysis) is 1. The highest BCUT2D eigenvalue weighted by molar-refractivity contribution is 5.89. The highest BCUT2D eigenvalue weighted by Gasteiger charge is 2.44. The third kappa shape index (κ3) is 4.51. The number of aliphatic carboxylic acids is 1. The molecule has 2 saturated carbocycles. The van der Waals surface area contributed by atoms with E-state index >= 15 is 0 Å². The first kappa shape index (κ1) is 23.4. The molecule has 0 radical (unpaired) electrons. The lowest BCUT2D eigenvalue weighted by molar-refractivity contribution is -0.150.